The molecule has 4 rings (SSSR count). The number of hydrogen-bond donors (Lipinski definition) is 0. The average molecular weight is 404 g/mol. The molecule has 30 heavy (non-hydrogen) atoms. The highest BCUT2D eigenvalue weighted by Gasteiger charge is 2.23. The molecule has 0 unspecified atom stereocenters. The molecular weight excluding hydrogens is 380 g/mol. The van der Waals surface area contributed by atoms with Crippen molar-refractivity contribution in [2.24, 2.45) is 0 Å². The number of amides is 1. The van der Waals surface area contributed by atoms with Crippen molar-refractivity contribution in [1.29, 1.82) is 0 Å². The lowest BCUT2D eigenvalue weighted by molar-refractivity contribution is 0.0734. The Morgan fingerprint density at radius 3 is 2.43 bits per heavy atom. The van der Waals surface area contributed by atoms with Crippen molar-refractivity contribution in [3.63, 3.8) is 0 Å². The zero-order chi connectivity index (χ0) is 20.9. The first-order valence-electron chi connectivity index (χ1n) is 9.82. The van der Waals surface area contributed by atoms with Crippen LogP contribution < -0.4 is 14.2 Å². The maximum atomic E-state index is 13.0. The fraction of sp³-hybridized carbons (Fsp3) is 0.250. The molecule has 0 atom stereocenters. The van der Waals surface area contributed by atoms with E-state index in [1.165, 1.54) is 5.56 Å². The van der Waals surface area contributed by atoms with Gasteiger partial charge >= 0.3 is 0 Å². The van der Waals surface area contributed by atoms with Crippen molar-refractivity contribution in [3.05, 3.63) is 83.2 Å². The van der Waals surface area contributed by atoms with Gasteiger partial charge in [-0.25, -0.2) is 0 Å². The summed E-state index contributed by atoms with van der Waals surface area (Å²) in [5, 5.41) is 0. The van der Waals surface area contributed by atoms with Crippen LogP contribution in [-0.2, 0) is 19.6 Å². The molecule has 0 bridgehead atoms. The largest absolute Gasteiger partial charge is 0.493 e. The lowest BCUT2D eigenvalue weighted by atomic mass is 9.98. The number of hydrogen-bond acceptors (Lipinski definition) is 5. The molecule has 0 radical (unpaired) electrons. The number of nitrogens with zero attached hydrogens (tertiary/aromatic N) is 2. The second kappa shape index (κ2) is 8.86. The molecule has 0 saturated heterocycles. The molecule has 0 saturated carbocycles. The van der Waals surface area contributed by atoms with Crippen molar-refractivity contribution >= 4 is 5.91 Å². The third kappa shape index (κ3) is 4.22. The average Bonchev–Trinajstić information content (AvgIpc) is 2.82. The zero-order valence-electron chi connectivity index (χ0n) is 17.1. The number of benzene rings is 2. The van der Waals surface area contributed by atoms with E-state index < -0.39 is 0 Å². The van der Waals surface area contributed by atoms with Crippen molar-refractivity contribution in [2.45, 2.75) is 19.6 Å². The van der Waals surface area contributed by atoms with Crippen LogP contribution in [0, 0.1) is 0 Å². The number of carbonyl (C=O) groups excluding carboxylic acids is 1. The lowest BCUT2D eigenvalue weighted by Gasteiger charge is -2.29. The lowest BCUT2D eigenvalue weighted by Crippen LogP contribution is -2.36. The Labute approximate surface area is 176 Å². The summed E-state index contributed by atoms with van der Waals surface area (Å²) in [4.78, 5) is 18.9. The van der Waals surface area contributed by atoms with Gasteiger partial charge in [-0.2, -0.15) is 0 Å². The molecule has 1 amide bonds. The summed E-state index contributed by atoms with van der Waals surface area (Å²) in [5.74, 6) is 2.13. The van der Waals surface area contributed by atoms with Crippen molar-refractivity contribution in [3.8, 4) is 17.2 Å². The van der Waals surface area contributed by atoms with Gasteiger partial charge in [-0.1, -0.05) is 6.07 Å². The van der Waals surface area contributed by atoms with Gasteiger partial charge in [0.25, 0.3) is 5.91 Å². The molecule has 2 heterocycles. The first-order chi connectivity index (χ1) is 14.7. The molecule has 3 aromatic rings. The Kier molecular flexibility index (Phi) is 5.84. The Morgan fingerprint density at radius 2 is 1.77 bits per heavy atom. The van der Waals surface area contributed by atoms with Crippen LogP contribution in [0.2, 0.25) is 0 Å². The van der Waals surface area contributed by atoms with Crippen LogP contribution >= 0.6 is 0 Å². The third-order valence-corrected chi connectivity index (χ3v) is 5.23. The number of pyridine rings is 1. The first-order valence-corrected chi connectivity index (χ1v) is 9.82. The van der Waals surface area contributed by atoms with Gasteiger partial charge in [0, 0.05) is 36.6 Å². The van der Waals surface area contributed by atoms with Crippen LogP contribution in [0.1, 0.15) is 27.0 Å². The zero-order valence-corrected chi connectivity index (χ0v) is 17.1. The Bertz CT molecular complexity index is 1020. The summed E-state index contributed by atoms with van der Waals surface area (Å²) in [6.07, 6.45) is 4.29. The van der Waals surface area contributed by atoms with Gasteiger partial charge in [0.1, 0.15) is 12.4 Å². The summed E-state index contributed by atoms with van der Waals surface area (Å²) < 4.78 is 16.6. The van der Waals surface area contributed by atoms with Crippen molar-refractivity contribution < 1.29 is 19.0 Å². The predicted molar refractivity (Wildman–Crippen MR) is 113 cm³/mol. The normalized spacial score (nSPS) is 12.8. The topological polar surface area (TPSA) is 60.9 Å². The van der Waals surface area contributed by atoms with E-state index in [2.05, 4.69) is 4.98 Å². The van der Waals surface area contributed by atoms with Gasteiger partial charge in [0.15, 0.2) is 11.5 Å². The molecule has 6 nitrogen and oxygen atoms in total. The maximum Gasteiger partial charge on any atom is 0.254 e. The second-order valence-corrected chi connectivity index (χ2v) is 7.13. The minimum absolute atomic E-state index is 0.00856. The van der Waals surface area contributed by atoms with E-state index in [1.807, 2.05) is 53.4 Å². The summed E-state index contributed by atoms with van der Waals surface area (Å²) in [6.45, 7) is 1.66. The highest BCUT2D eigenvalue weighted by Crippen LogP contribution is 2.33. The number of methoxy groups -OCH3 is 2. The summed E-state index contributed by atoms with van der Waals surface area (Å²) in [7, 11) is 3.25. The Balaban J connectivity index is 1.42. The molecule has 0 aliphatic carbocycles. The van der Waals surface area contributed by atoms with Gasteiger partial charge in [0.2, 0.25) is 0 Å². The SMILES string of the molecule is COc1cc2c(cc1OC)CN(C(=O)c1ccc(OCc3cccnc3)cc1)CC2. The van der Waals surface area contributed by atoms with Crippen LogP contribution in [0.5, 0.6) is 17.2 Å². The molecular formula is C24H24N2O4. The third-order valence-electron chi connectivity index (χ3n) is 5.23. The van der Waals surface area contributed by atoms with E-state index in [0.29, 0.717) is 31.0 Å². The minimum atomic E-state index is 0.00856. The number of rotatable bonds is 6. The molecule has 154 valence electrons. The Hall–Kier alpha value is -3.54. The van der Waals surface area contributed by atoms with Crippen LogP contribution in [0.4, 0.5) is 0 Å². The highest BCUT2D eigenvalue weighted by molar-refractivity contribution is 5.94. The first kappa shape index (κ1) is 19.8. The van der Waals surface area contributed by atoms with E-state index >= 15 is 0 Å². The van der Waals surface area contributed by atoms with Crippen LogP contribution in [0.3, 0.4) is 0 Å². The van der Waals surface area contributed by atoms with Crippen molar-refractivity contribution in [2.75, 3.05) is 20.8 Å². The van der Waals surface area contributed by atoms with Gasteiger partial charge in [-0.3, -0.25) is 9.78 Å². The quantitative estimate of drug-likeness (QED) is 0.624. The van der Waals surface area contributed by atoms with Gasteiger partial charge < -0.3 is 19.1 Å². The number of ether oxygens (including phenoxy) is 3. The monoisotopic (exact) mass is 404 g/mol. The summed E-state index contributed by atoms with van der Waals surface area (Å²) in [5.41, 5.74) is 3.92. The minimum Gasteiger partial charge on any atom is -0.493 e. The summed E-state index contributed by atoms with van der Waals surface area (Å²) in [6, 6.07) is 15.1. The van der Waals surface area contributed by atoms with Crippen LogP contribution in [-0.4, -0.2) is 36.6 Å². The second-order valence-electron chi connectivity index (χ2n) is 7.13. The maximum absolute atomic E-state index is 13.0. The molecule has 0 spiro atoms. The Morgan fingerprint density at radius 1 is 1.03 bits per heavy atom. The van der Waals surface area contributed by atoms with E-state index in [-0.39, 0.29) is 5.91 Å². The molecule has 1 aromatic heterocycles. The molecule has 1 aliphatic heterocycles. The van der Waals surface area contributed by atoms with Gasteiger partial charge in [0.05, 0.1) is 14.2 Å². The number of aromatic nitrogens is 1. The van der Waals surface area contributed by atoms with Crippen LogP contribution in [0.25, 0.3) is 0 Å². The number of fused-ring (bicyclic) bond motifs is 1. The standard InChI is InChI=1S/C24H24N2O4/c1-28-22-12-19-9-11-26(15-20(19)13-23(22)29-2)24(27)18-5-7-21(8-6-18)30-16-17-4-3-10-25-14-17/h3-8,10,12-14H,9,11,15-16H2,1-2H3. The summed E-state index contributed by atoms with van der Waals surface area (Å²) >= 11 is 0. The van der Waals surface area contributed by atoms with E-state index in [1.54, 1.807) is 26.6 Å². The molecule has 2 aromatic carbocycles. The fourth-order valence-corrected chi connectivity index (χ4v) is 3.58. The number of carbonyl (C=O) groups is 1. The van der Waals surface area contributed by atoms with Gasteiger partial charge in [-0.05, 0) is 60.0 Å². The molecule has 0 fully saturated rings. The van der Waals surface area contributed by atoms with E-state index in [0.717, 1.165) is 29.0 Å². The molecule has 6 heteroatoms. The molecule has 1 aliphatic rings. The van der Waals surface area contributed by atoms with E-state index in [4.69, 9.17) is 14.2 Å². The predicted octanol–water partition coefficient (Wildman–Crippen LogP) is 3.88. The highest BCUT2D eigenvalue weighted by atomic mass is 16.5. The van der Waals surface area contributed by atoms with Gasteiger partial charge in [-0.15, -0.1) is 0 Å². The van der Waals surface area contributed by atoms with Crippen LogP contribution in [0.15, 0.2) is 60.9 Å². The molecule has 0 N–H and O–H groups in total. The smallest absolute Gasteiger partial charge is 0.254 e. The fourth-order valence-electron chi connectivity index (χ4n) is 3.58. The van der Waals surface area contributed by atoms with Crippen molar-refractivity contribution in [1.82, 2.24) is 9.88 Å². The van der Waals surface area contributed by atoms with E-state index in [9.17, 15) is 4.79 Å².